The van der Waals surface area contributed by atoms with Crippen molar-refractivity contribution in [2.24, 2.45) is 0 Å². The van der Waals surface area contributed by atoms with Crippen molar-refractivity contribution in [3.63, 3.8) is 0 Å². The van der Waals surface area contributed by atoms with Crippen LogP contribution in [0, 0.1) is 6.92 Å². The van der Waals surface area contributed by atoms with E-state index in [1.54, 1.807) is 6.07 Å². The van der Waals surface area contributed by atoms with Gasteiger partial charge in [-0.05, 0) is 25.8 Å². The lowest BCUT2D eigenvalue weighted by atomic mass is 10.1. The van der Waals surface area contributed by atoms with Crippen LogP contribution in [-0.2, 0) is 11.3 Å². The number of amides is 1. The summed E-state index contributed by atoms with van der Waals surface area (Å²) in [5.41, 5.74) is 2.39. The first-order valence-corrected chi connectivity index (χ1v) is 9.46. The molecule has 2 aromatic heterocycles. The molecule has 0 unspecified atom stereocenters. The van der Waals surface area contributed by atoms with Gasteiger partial charge in [-0.25, -0.2) is 4.68 Å². The molecule has 1 atom stereocenters. The first-order valence-electron chi connectivity index (χ1n) is 9.46. The number of aromatic nitrogens is 4. The van der Waals surface area contributed by atoms with Crippen molar-refractivity contribution in [1.82, 2.24) is 25.2 Å². The van der Waals surface area contributed by atoms with Gasteiger partial charge >= 0.3 is 11.8 Å². The third-order valence-corrected chi connectivity index (χ3v) is 4.68. The van der Waals surface area contributed by atoms with Crippen molar-refractivity contribution in [3.8, 4) is 11.3 Å². The molecule has 9 nitrogen and oxygen atoms in total. The molecule has 1 saturated heterocycles. The highest BCUT2D eigenvalue weighted by molar-refractivity contribution is 5.89. The Kier molecular flexibility index (Phi) is 5.48. The number of rotatable bonds is 6. The van der Waals surface area contributed by atoms with Gasteiger partial charge < -0.3 is 14.6 Å². The molecule has 3 heterocycles. The summed E-state index contributed by atoms with van der Waals surface area (Å²) in [7, 11) is 0. The molecular formula is C20H21N5O4. The van der Waals surface area contributed by atoms with Gasteiger partial charge in [0.1, 0.15) is 6.54 Å². The standard InChI is InChI=1S/C20H21N5O4/c1-13-4-6-14(7-5-13)16-8-9-18(26)25(23-16)12-17-22-20(29-24-17)19(27)21-11-15-3-2-10-28-15/h4-9,15H,2-3,10-12H2,1H3,(H,21,27)/t15-/m0/s1. The van der Waals surface area contributed by atoms with Gasteiger partial charge in [0.15, 0.2) is 5.82 Å². The monoisotopic (exact) mass is 395 g/mol. The summed E-state index contributed by atoms with van der Waals surface area (Å²) in [5, 5.41) is 10.9. The molecule has 0 spiro atoms. The molecule has 4 rings (SSSR count). The van der Waals surface area contributed by atoms with Crippen LogP contribution in [0.15, 0.2) is 45.7 Å². The number of hydrogen-bond acceptors (Lipinski definition) is 7. The van der Waals surface area contributed by atoms with Gasteiger partial charge in [-0.3, -0.25) is 9.59 Å². The van der Waals surface area contributed by atoms with Gasteiger partial charge in [0, 0.05) is 24.8 Å². The second-order valence-corrected chi connectivity index (χ2v) is 6.94. The number of nitrogens with one attached hydrogen (secondary N) is 1. The fourth-order valence-electron chi connectivity index (χ4n) is 3.07. The lowest BCUT2D eigenvalue weighted by Gasteiger charge is -2.08. The molecule has 9 heteroatoms. The highest BCUT2D eigenvalue weighted by Crippen LogP contribution is 2.16. The predicted octanol–water partition coefficient (Wildman–Crippen LogP) is 1.56. The van der Waals surface area contributed by atoms with Crippen LogP contribution >= 0.6 is 0 Å². The zero-order valence-electron chi connectivity index (χ0n) is 16.0. The average molecular weight is 395 g/mol. The van der Waals surface area contributed by atoms with Gasteiger partial charge in [-0.1, -0.05) is 35.0 Å². The van der Waals surface area contributed by atoms with Crippen molar-refractivity contribution in [3.05, 3.63) is 64.0 Å². The van der Waals surface area contributed by atoms with Crippen LogP contribution in [0.25, 0.3) is 11.3 Å². The minimum absolute atomic E-state index is 0.00104. The number of benzene rings is 1. The first kappa shape index (κ1) is 19.0. The molecule has 0 aliphatic carbocycles. The Labute approximate surface area is 166 Å². The number of aryl methyl sites for hydroxylation is 1. The summed E-state index contributed by atoms with van der Waals surface area (Å²) in [4.78, 5) is 28.4. The maximum absolute atomic E-state index is 12.2. The largest absolute Gasteiger partial charge is 0.376 e. The zero-order chi connectivity index (χ0) is 20.2. The first-order chi connectivity index (χ1) is 14.1. The van der Waals surface area contributed by atoms with E-state index in [4.69, 9.17) is 9.26 Å². The summed E-state index contributed by atoms with van der Waals surface area (Å²) in [6.45, 7) is 3.12. The number of hydrogen-bond donors (Lipinski definition) is 1. The third-order valence-electron chi connectivity index (χ3n) is 4.68. The quantitative estimate of drug-likeness (QED) is 0.674. The summed E-state index contributed by atoms with van der Waals surface area (Å²) in [6.07, 6.45) is 1.93. The van der Waals surface area contributed by atoms with Crippen molar-refractivity contribution in [2.75, 3.05) is 13.2 Å². The SMILES string of the molecule is Cc1ccc(-c2ccc(=O)n(Cc3noc(C(=O)NC[C@@H]4CCCO4)n3)n2)cc1. The molecule has 1 aliphatic rings. The second kappa shape index (κ2) is 8.36. The smallest absolute Gasteiger partial charge is 0.316 e. The van der Waals surface area contributed by atoms with Crippen LogP contribution in [0.2, 0.25) is 0 Å². The molecule has 1 amide bonds. The molecule has 0 saturated carbocycles. The van der Waals surface area contributed by atoms with Crippen LogP contribution < -0.4 is 10.9 Å². The highest BCUT2D eigenvalue weighted by Gasteiger charge is 2.20. The van der Waals surface area contributed by atoms with Crippen molar-refractivity contribution in [2.45, 2.75) is 32.4 Å². The Morgan fingerprint density at radius 2 is 2.07 bits per heavy atom. The summed E-state index contributed by atoms with van der Waals surface area (Å²) >= 11 is 0. The minimum atomic E-state index is -0.465. The molecular weight excluding hydrogens is 374 g/mol. The van der Waals surface area contributed by atoms with E-state index in [-0.39, 0.29) is 29.9 Å². The summed E-state index contributed by atoms with van der Waals surface area (Å²) in [6, 6.07) is 11.0. The Morgan fingerprint density at radius 3 is 2.83 bits per heavy atom. The molecule has 1 aliphatic heterocycles. The maximum atomic E-state index is 12.2. The van der Waals surface area contributed by atoms with Crippen LogP contribution in [0.3, 0.4) is 0 Å². The second-order valence-electron chi connectivity index (χ2n) is 6.94. The molecule has 29 heavy (non-hydrogen) atoms. The average Bonchev–Trinajstić information content (AvgIpc) is 3.41. The van der Waals surface area contributed by atoms with Crippen LogP contribution in [-0.4, -0.2) is 45.1 Å². The van der Waals surface area contributed by atoms with Gasteiger partial charge in [-0.2, -0.15) is 10.1 Å². The van der Waals surface area contributed by atoms with Crippen LogP contribution in [0.5, 0.6) is 0 Å². The van der Waals surface area contributed by atoms with E-state index in [2.05, 4.69) is 20.6 Å². The molecule has 3 aromatic rings. The van der Waals surface area contributed by atoms with E-state index in [1.807, 2.05) is 31.2 Å². The molecule has 1 fully saturated rings. The number of nitrogens with zero attached hydrogens (tertiary/aromatic N) is 4. The minimum Gasteiger partial charge on any atom is -0.376 e. The topological polar surface area (TPSA) is 112 Å². The van der Waals surface area contributed by atoms with Crippen molar-refractivity contribution in [1.29, 1.82) is 0 Å². The fraction of sp³-hybridized carbons (Fsp3) is 0.350. The van der Waals surface area contributed by atoms with E-state index in [0.717, 1.165) is 24.0 Å². The van der Waals surface area contributed by atoms with Crippen LogP contribution in [0.4, 0.5) is 0 Å². The zero-order valence-corrected chi connectivity index (χ0v) is 16.0. The van der Waals surface area contributed by atoms with Gasteiger partial charge in [-0.15, -0.1) is 0 Å². The normalized spacial score (nSPS) is 16.1. The van der Waals surface area contributed by atoms with E-state index in [0.29, 0.717) is 18.8 Å². The Balaban J connectivity index is 1.45. The third kappa shape index (κ3) is 4.57. The number of carbonyl (C=O) groups excluding carboxylic acids is 1. The lowest BCUT2D eigenvalue weighted by molar-refractivity contribution is 0.0822. The van der Waals surface area contributed by atoms with Gasteiger partial charge in [0.2, 0.25) is 0 Å². The number of ether oxygens (including phenoxy) is 1. The maximum Gasteiger partial charge on any atom is 0.316 e. The lowest BCUT2D eigenvalue weighted by Crippen LogP contribution is -2.32. The molecule has 1 aromatic carbocycles. The van der Waals surface area contributed by atoms with E-state index >= 15 is 0 Å². The summed E-state index contributed by atoms with van der Waals surface area (Å²) in [5.74, 6) is -0.420. The van der Waals surface area contributed by atoms with E-state index in [1.165, 1.54) is 10.7 Å². The highest BCUT2D eigenvalue weighted by atomic mass is 16.5. The predicted molar refractivity (Wildman–Crippen MR) is 103 cm³/mol. The van der Waals surface area contributed by atoms with Crippen molar-refractivity contribution < 1.29 is 14.1 Å². The summed E-state index contributed by atoms with van der Waals surface area (Å²) < 4.78 is 11.7. The Morgan fingerprint density at radius 1 is 1.24 bits per heavy atom. The van der Waals surface area contributed by atoms with E-state index < -0.39 is 5.91 Å². The number of carbonyl (C=O) groups is 1. The fourth-order valence-corrected chi connectivity index (χ4v) is 3.07. The van der Waals surface area contributed by atoms with Crippen LogP contribution in [0.1, 0.15) is 34.9 Å². The Bertz CT molecular complexity index is 1050. The Hall–Kier alpha value is -3.33. The molecule has 1 N–H and O–H groups in total. The van der Waals surface area contributed by atoms with E-state index in [9.17, 15) is 9.59 Å². The molecule has 0 radical (unpaired) electrons. The molecule has 0 bridgehead atoms. The van der Waals surface area contributed by atoms with Crippen molar-refractivity contribution >= 4 is 5.91 Å². The molecule has 150 valence electrons. The van der Waals surface area contributed by atoms with Gasteiger partial charge in [0.25, 0.3) is 5.56 Å². The van der Waals surface area contributed by atoms with Gasteiger partial charge in [0.05, 0.1) is 11.8 Å².